The smallest absolute Gasteiger partial charge is 0.184 e. The molecular formula is C6H13NO5. The van der Waals surface area contributed by atoms with E-state index in [1.54, 1.807) is 0 Å². The van der Waals surface area contributed by atoms with Crippen LogP contribution in [0.1, 0.15) is 6.92 Å². The maximum Gasteiger partial charge on any atom is 0.184 e. The van der Waals surface area contributed by atoms with Gasteiger partial charge in [0, 0.05) is 0 Å². The van der Waals surface area contributed by atoms with Gasteiger partial charge in [-0.3, -0.25) is 0 Å². The van der Waals surface area contributed by atoms with Crippen molar-refractivity contribution in [2.24, 2.45) is 5.73 Å². The van der Waals surface area contributed by atoms with E-state index in [2.05, 4.69) is 4.74 Å². The molecule has 0 spiro atoms. The molecule has 0 unspecified atom stereocenters. The third kappa shape index (κ3) is 1.58. The standard InChI is InChI=1S/C6H13NO5/c1-6(7,11)4-2(8)3(9)5(10)12-4/h2-5,8-11H,7H2,1H3/t2-,3+,4+,5-,6+/m1/s1. The van der Waals surface area contributed by atoms with Crippen molar-refractivity contribution in [3.05, 3.63) is 0 Å². The maximum absolute atomic E-state index is 9.19. The molecule has 0 amide bonds. The van der Waals surface area contributed by atoms with Crippen molar-refractivity contribution in [2.75, 3.05) is 0 Å². The molecule has 0 saturated carbocycles. The number of aliphatic hydroxyl groups excluding tert-OH is 3. The summed E-state index contributed by atoms with van der Waals surface area (Å²) in [6.45, 7) is 1.21. The predicted octanol–water partition coefficient (Wildman–Crippen LogP) is -2.91. The lowest BCUT2D eigenvalue weighted by atomic mass is 10.0. The van der Waals surface area contributed by atoms with Gasteiger partial charge < -0.3 is 30.9 Å². The van der Waals surface area contributed by atoms with Gasteiger partial charge in [0.1, 0.15) is 24.0 Å². The SMILES string of the molecule is C[C@](N)(O)[C@H]1O[C@@H](O)[C@@H](O)[C@H]1O. The van der Waals surface area contributed by atoms with Crippen molar-refractivity contribution in [1.29, 1.82) is 0 Å². The summed E-state index contributed by atoms with van der Waals surface area (Å²) in [5.41, 5.74) is 3.42. The van der Waals surface area contributed by atoms with Crippen LogP contribution in [0.3, 0.4) is 0 Å². The lowest BCUT2D eigenvalue weighted by Gasteiger charge is -2.26. The molecule has 6 nitrogen and oxygen atoms in total. The average molecular weight is 179 g/mol. The molecule has 1 rings (SSSR count). The molecule has 6 heteroatoms. The number of rotatable bonds is 1. The fourth-order valence-corrected chi connectivity index (χ4v) is 1.14. The number of aliphatic hydroxyl groups is 4. The highest BCUT2D eigenvalue weighted by Crippen LogP contribution is 2.24. The summed E-state index contributed by atoms with van der Waals surface area (Å²) in [5.74, 6) is 0. The highest BCUT2D eigenvalue weighted by atomic mass is 16.7. The van der Waals surface area contributed by atoms with Crippen LogP contribution in [-0.4, -0.2) is 50.8 Å². The van der Waals surface area contributed by atoms with Crippen LogP contribution in [0, 0.1) is 0 Å². The van der Waals surface area contributed by atoms with Crippen LogP contribution in [0.2, 0.25) is 0 Å². The van der Waals surface area contributed by atoms with Crippen molar-refractivity contribution in [3.63, 3.8) is 0 Å². The summed E-state index contributed by atoms with van der Waals surface area (Å²) < 4.78 is 4.63. The van der Waals surface area contributed by atoms with E-state index >= 15 is 0 Å². The first-order valence-corrected chi connectivity index (χ1v) is 3.55. The van der Waals surface area contributed by atoms with Crippen molar-refractivity contribution in [2.45, 2.75) is 37.3 Å². The molecule has 1 aliphatic rings. The Hall–Kier alpha value is -0.240. The summed E-state index contributed by atoms with van der Waals surface area (Å²) in [4.78, 5) is 0. The van der Waals surface area contributed by atoms with E-state index in [1.807, 2.05) is 0 Å². The van der Waals surface area contributed by atoms with Crippen molar-refractivity contribution in [3.8, 4) is 0 Å². The molecular weight excluding hydrogens is 166 g/mol. The third-order valence-electron chi connectivity index (χ3n) is 1.81. The van der Waals surface area contributed by atoms with E-state index in [1.165, 1.54) is 6.92 Å². The van der Waals surface area contributed by atoms with Gasteiger partial charge in [0.25, 0.3) is 0 Å². The summed E-state index contributed by atoms with van der Waals surface area (Å²) in [7, 11) is 0. The van der Waals surface area contributed by atoms with E-state index in [4.69, 9.17) is 15.9 Å². The van der Waals surface area contributed by atoms with Crippen molar-refractivity contribution < 1.29 is 25.2 Å². The van der Waals surface area contributed by atoms with Gasteiger partial charge in [-0.2, -0.15) is 0 Å². The summed E-state index contributed by atoms with van der Waals surface area (Å²) in [6, 6.07) is 0. The third-order valence-corrected chi connectivity index (χ3v) is 1.81. The Morgan fingerprint density at radius 1 is 1.25 bits per heavy atom. The molecule has 5 atom stereocenters. The fraction of sp³-hybridized carbons (Fsp3) is 1.00. The Labute approximate surface area is 69.2 Å². The van der Waals surface area contributed by atoms with Gasteiger partial charge in [-0.05, 0) is 6.92 Å². The molecule has 1 aliphatic heterocycles. The van der Waals surface area contributed by atoms with Crippen LogP contribution in [0.25, 0.3) is 0 Å². The Morgan fingerprint density at radius 2 is 1.75 bits per heavy atom. The van der Waals surface area contributed by atoms with E-state index in [0.29, 0.717) is 0 Å². The minimum absolute atomic E-state index is 1.18. The molecule has 6 N–H and O–H groups in total. The maximum atomic E-state index is 9.19. The minimum Gasteiger partial charge on any atom is -0.387 e. The summed E-state index contributed by atoms with van der Waals surface area (Å²) in [5, 5.41) is 36.3. The molecule has 1 saturated heterocycles. The van der Waals surface area contributed by atoms with E-state index in [-0.39, 0.29) is 0 Å². The lowest BCUT2D eigenvalue weighted by molar-refractivity contribution is -0.168. The monoisotopic (exact) mass is 179 g/mol. The highest BCUT2D eigenvalue weighted by Gasteiger charge is 2.48. The van der Waals surface area contributed by atoms with Crippen LogP contribution in [0.15, 0.2) is 0 Å². The highest BCUT2D eigenvalue weighted by molar-refractivity contribution is 4.93. The van der Waals surface area contributed by atoms with Gasteiger partial charge in [0.15, 0.2) is 6.29 Å². The largest absolute Gasteiger partial charge is 0.387 e. The second-order valence-electron chi connectivity index (χ2n) is 3.15. The van der Waals surface area contributed by atoms with Gasteiger partial charge in [-0.15, -0.1) is 0 Å². The number of ether oxygens (including phenoxy) is 1. The minimum atomic E-state index is -1.78. The predicted molar refractivity (Wildman–Crippen MR) is 37.7 cm³/mol. The first-order chi connectivity index (χ1) is 5.34. The Balaban J connectivity index is 2.71. The normalized spacial score (nSPS) is 47.5. The van der Waals surface area contributed by atoms with Crippen LogP contribution >= 0.6 is 0 Å². The molecule has 12 heavy (non-hydrogen) atoms. The van der Waals surface area contributed by atoms with E-state index < -0.39 is 30.3 Å². The lowest BCUT2D eigenvalue weighted by Crippen LogP contribution is -2.53. The second-order valence-corrected chi connectivity index (χ2v) is 3.15. The summed E-state index contributed by atoms with van der Waals surface area (Å²) >= 11 is 0. The molecule has 0 aromatic rings. The number of hydrogen-bond acceptors (Lipinski definition) is 6. The van der Waals surface area contributed by atoms with Crippen molar-refractivity contribution in [1.82, 2.24) is 0 Å². The topological polar surface area (TPSA) is 116 Å². The fourth-order valence-electron chi connectivity index (χ4n) is 1.14. The Morgan fingerprint density at radius 3 is 1.92 bits per heavy atom. The van der Waals surface area contributed by atoms with E-state index in [9.17, 15) is 10.2 Å². The summed E-state index contributed by atoms with van der Waals surface area (Å²) in [6.07, 6.45) is -5.48. The van der Waals surface area contributed by atoms with Crippen LogP contribution in [-0.2, 0) is 4.74 Å². The molecule has 72 valence electrons. The average Bonchev–Trinajstić information content (AvgIpc) is 2.15. The molecule has 0 bridgehead atoms. The first kappa shape index (κ1) is 9.85. The van der Waals surface area contributed by atoms with Gasteiger partial charge in [0.05, 0.1) is 0 Å². The quantitative estimate of drug-likeness (QED) is 0.276. The second kappa shape index (κ2) is 2.91. The zero-order valence-electron chi connectivity index (χ0n) is 6.58. The molecule has 1 fully saturated rings. The van der Waals surface area contributed by atoms with Gasteiger partial charge in [-0.1, -0.05) is 0 Å². The zero-order chi connectivity index (χ0) is 9.52. The van der Waals surface area contributed by atoms with Gasteiger partial charge in [-0.25, -0.2) is 0 Å². The van der Waals surface area contributed by atoms with Gasteiger partial charge >= 0.3 is 0 Å². The van der Waals surface area contributed by atoms with Crippen LogP contribution in [0.5, 0.6) is 0 Å². The van der Waals surface area contributed by atoms with Gasteiger partial charge in [0.2, 0.25) is 0 Å². The molecule has 1 heterocycles. The molecule has 0 aromatic heterocycles. The van der Waals surface area contributed by atoms with Crippen molar-refractivity contribution >= 4 is 0 Å². The van der Waals surface area contributed by atoms with Crippen LogP contribution in [0.4, 0.5) is 0 Å². The first-order valence-electron chi connectivity index (χ1n) is 3.55. The molecule has 0 aromatic carbocycles. The molecule has 0 radical (unpaired) electrons. The number of hydrogen-bond donors (Lipinski definition) is 5. The number of nitrogens with two attached hydrogens (primary N) is 1. The zero-order valence-corrected chi connectivity index (χ0v) is 6.58. The Bertz CT molecular complexity index is 168. The Kier molecular flexibility index (Phi) is 2.39. The molecule has 0 aliphatic carbocycles. The van der Waals surface area contributed by atoms with Crippen LogP contribution < -0.4 is 5.73 Å². The van der Waals surface area contributed by atoms with E-state index in [0.717, 1.165) is 0 Å².